The second kappa shape index (κ2) is 47.5. The molecule has 0 spiro atoms. The minimum absolute atomic E-state index is 0. The Balaban J connectivity index is -0.0000000275. The summed E-state index contributed by atoms with van der Waals surface area (Å²) in [5.41, 5.74) is 13.5. The fourth-order valence-electron chi connectivity index (χ4n) is 0. The van der Waals surface area contributed by atoms with Crippen LogP contribution in [0.2, 0.25) is 0 Å². The standard InChI is InChI=1S/ClHO.N3.Na/c1-2;1-3-2;/h2H;;/q;-1;+1. The normalized spacial score (nSPS) is 2.33. The second-order valence-electron chi connectivity index (χ2n) is 0.0894. The Morgan fingerprint density at radius 2 is 1.33 bits per heavy atom. The third kappa shape index (κ3) is 184. The van der Waals surface area contributed by atoms with Gasteiger partial charge in [-0.25, -0.2) is 0 Å². The Kier molecular flexibility index (Phi) is 127. The Labute approximate surface area is 62.0 Å². The maximum atomic E-state index is 6.75. The summed E-state index contributed by atoms with van der Waals surface area (Å²) in [5, 5.41) is 0. The largest absolute Gasteiger partial charge is 1.00 e. The van der Waals surface area contributed by atoms with E-state index in [4.69, 9.17) is 15.7 Å². The van der Waals surface area contributed by atoms with Gasteiger partial charge in [0.2, 0.25) is 0 Å². The molecule has 0 rings (SSSR count). The monoisotopic (exact) mass is 117 g/mol. The number of hydrogen-bond acceptors (Lipinski definition) is 1. The maximum Gasteiger partial charge on any atom is 1.00 e. The van der Waals surface area contributed by atoms with Crippen molar-refractivity contribution in [1.82, 2.24) is 0 Å². The first-order valence-corrected chi connectivity index (χ1v) is 0.907. The van der Waals surface area contributed by atoms with E-state index in [1.807, 2.05) is 0 Å². The molecule has 0 aromatic carbocycles. The zero-order valence-corrected chi connectivity index (χ0v) is 5.92. The second-order valence-corrected chi connectivity index (χ2v) is 0.0894. The first-order valence-electron chi connectivity index (χ1n) is 0.569. The molecular formula is HClN3NaO. The van der Waals surface area contributed by atoms with Gasteiger partial charge in [0.15, 0.2) is 0 Å². The fraction of sp³-hybridized carbons (Fsp3) is 0. The predicted octanol–water partition coefficient (Wildman–Crippen LogP) is -2.00. The van der Waals surface area contributed by atoms with E-state index >= 15 is 0 Å². The molecule has 30 valence electrons. The summed E-state index contributed by atoms with van der Waals surface area (Å²) in [7, 11) is 0. The zero-order chi connectivity index (χ0) is 4.71. The van der Waals surface area contributed by atoms with Crippen molar-refractivity contribution < 1.29 is 34.2 Å². The molecule has 6 heteroatoms. The third-order valence-corrected chi connectivity index (χ3v) is 0. The van der Waals surface area contributed by atoms with Crippen LogP contribution < -0.4 is 29.6 Å². The molecule has 1 N–H and O–H groups in total. The average Bonchev–Trinajstić information content (AvgIpc) is 1.46. The van der Waals surface area contributed by atoms with E-state index in [1.54, 1.807) is 0 Å². The van der Waals surface area contributed by atoms with Crippen molar-refractivity contribution in [3.05, 3.63) is 16.0 Å². The summed E-state index contributed by atoms with van der Waals surface area (Å²) in [6.07, 6.45) is 0. The van der Waals surface area contributed by atoms with Crippen LogP contribution in [0, 0.1) is 0 Å². The summed E-state index contributed by atoms with van der Waals surface area (Å²) < 4.78 is 6.47. The summed E-state index contributed by atoms with van der Waals surface area (Å²) in [6, 6.07) is 0. The third-order valence-electron chi connectivity index (χ3n) is 0. The van der Waals surface area contributed by atoms with Gasteiger partial charge in [0.05, 0.1) is 11.9 Å². The first kappa shape index (κ1) is 16.0. The smallest absolute Gasteiger partial charge is 0.373 e. The van der Waals surface area contributed by atoms with Crippen LogP contribution in [0.25, 0.3) is 16.0 Å². The van der Waals surface area contributed by atoms with Crippen molar-refractivity contribution in [2.75, 3.05) is 0 Å². The van der Waals surface area contributed by atoms with Crippen LogP contribution in [0.5, 0.6) is 0 Å². The molecule has 0 atom stereocenters. The Morgan fingerprint density at radius 1 is 1.33 bits per heavy atom. The van der Waals surface area contributed by atoms with Crippen molar-refractivity contribution in [1.29, 1.82) is 0 Å². The van der Waals surface area contributed by atoms with Crippen LogP contribution >= 0.6 is 11.9 Å². The van der Waals surface area contributed by atoms with Gasteiger partial charge in [0.1, 0.15) is 0 Å². The summed E-state index contributed by atoms with van der Waals surface area (Å²) >= 11 is 3.64. The summed E-state index contributed by atoms with van der Waals surface area (Å²) in [6.45, 7) is 0. The molecule has 0 radical (unpaired) electrons. The number of nitrogens with zero attached hydrogens (tertiary/aromatic N) is 3. The first-order chi connectivity index (χ1) is 2.41. The van der Waals surface area contributed by atoms with Crippen LogP contribution in [0.15, 0.2) is 0 Å². The quantitative estimate of drug-likeness (QED) is 0.169. The number of hydrogen-bond donors (Lipinski definition) is 1. The van der Waals surface area contributed by atoms with E-state index in [2.05, 4.69) is 11.9 Å². The molecular weight excluding hydrogens is 116 g/mol. The van der Waals surface area contributed by atoms with E-state index in [9.17, 15) is 0 Å². The Morgan fingerprint density at radius 3 is 1.33 bits per heavy atom. The molecule has 4 nitrogen and oxygen atoms in total. The summed E-state index contributed by atoms with van der Waals surface area (Å²) in [5.74, 6) is 0. The van der Waals surface area contributed by atoms with Crippen molar-refractivity contribution in [3.63, 3.8) is 0 Å². The molecule has 6 heavy (non-hydrogen) atoms. The van der Waals surface area contributed by atoms with E-state index in [1.165, 1.54) is 4.91 Å². The van der Waals surface area contributed by atoms with E-state index in [0.29, 0.717) is 0 Å². The molecule has 0 amide bonds. The zero-order valence-electron chi connectivity index (χ0n) is 3.17. The van der Waals surface area contributed by atoms with Crippen LogP contribution in [-0.2, 0) is 0 Å². The van der Waals surface area contributed by atoms with Gasteiger partial charge in [-0.05, 0) is 0 Å². The van der Waals surface area contributed by atoms with Crippen molar-refractivity contribution in [2.45, 2.75) is 0 Å². The molecule has 0 saturated heterocycles. The summed E-state index contributed by atoms with van der Waals surface area (Å²) in [4.78, 5) is 1.50. The topological polar surface area (TPSA) is 78.9 Å². The van der Waals surface area contributed by atoms with Crippen LogP contribution in [0.1, 0.15) is 0 Å². The average molecular weight is 117 g/mol. The van der Waals surface area contributed by atoms with Gasteiger partial charge in [0, 0.05) is 0 Å². The molecule has 0 heterocycles. The molecule has 0 saturated carbocycles. The van der Waals surface area contributed by atoms with E-state index in [-0.39, 0.29) is 29.6 Å². The predicted molar refractivity (Wildman–Crippen MR) is 18.1 cm³/mol. The fourth-order valence-corrected chi connectivity index (χ4v) is 0. The molecule has 0 aliphatic heterocycles. The molecule has 0 aliphatic rings. The minimum Gasteiger partial charge on any atom is -0.373 e. The molecule has 0 aromatic rings. The van der Waals surface area contributed by atoms with Crippen LogP contribution in [0.3, 0.4) is 0 Å². The van der Waals surface area contributed by atoms with Gasteiger partial charge >= 0.3 is 29.6 Å². The number of halogens is 1. The van der Waals surface area contributed by atoms with Gasteiger partial charge in [-0.1, -0.05) is 0 Å². The molecule has 0 fully saturated rings. The SMILES string of the molecule is OCl.[N-]=[N+]=[N-].[Na+]. The van der Waals surface area contributed by atoms with E-state index < -0.39 is 0 Å². The van der Waals surface area contributed by atoms with E-state index in [0.717, 1.165) is 0 Å². The van der Waals surface area contributed by atoms with Gasteiger partial charge in [-0.2, -0.15) is 0 Å². The van der Waals surface area contributed by atoms with Gasteiger partial charge in [-0.15, -0.1) is 0 Å². The van der Waals surface area contributed by atoms with Gasteiger partial charge < -0.3 is 11.1 Å². The van der Waals surface area contributed by atoms with Crippen molar-refractivity contribution >= 4 is 11.9 Å². The Bertz CT molecular complexity index is 31.8. The van der Waals surface area contributed by atoms with Gasteiger partial charge in [-0.3, -0.25) is 9.57 Å². The molecule has 0 unspecified atom stereocenters. The molecule has 0 aromatic heterocycles. The molecule has 0 bridgehead atoms. The minimum atomic E-state index is 0. The van der Waals surface area contributed by atoms with Crippen LogP contribution in [0.4, 0.5) is 0 Å². The maximum absolute atomic E-state index is 6.75. The number of rotatable bonds is 0. The molecule has 0 aliphatic carbocycles. The van der Waals surface area contributed by atoms with Crippen LogP contribution in [-0.4, -0.2) is 4.66 Å². The van der Waals surface area contributed by atoms with Crippen molar-refractivity contribution in [2.24, 2.45) is 0 Å². The Hall–Kier alpha value is 0.560. The van der Waals surface area contributed by atoms with Gasteiger partial charge in [0.25, 0.3) is 0 Å². The van der Waals surface area contributed by atoms with Crippen molar-refractivity contribution in [3.8, 4) is 0 Å².